The van der Waals surface area contributed by atoms with Crippen LogP contribution in [0.3, 0.4) is 0 Å². The molecular weight excluding hydrogens is 354 g/mol. The Kier molecular flexibility index (Phi) is 10.3. The Labute approximate surface area is 159 Å². The number of carbonyl (C=O) groups is 1. The summed E-state index contributed by atoms with van der Waals surface area (Å²) in [6.45, 7) is 7.14. The number of fused-ring (bicyclic) bond motifs is 1. The van der Waals surface area contributed by atoms with E-state index in [0.29, 0.717) is 64.4 Å². The largest absolute Gasteiger partial charge is 0.487 e. The van der Waals surface area contributed by atoms with Crippen LogP contribution in [0.5, 0.6) is 11.5 Å². The lowest BCUT2D eigenvalue weighted by Crippen LogP contribution is -2.42. The zero-order chi connectivity index (χ0) is 19.2. The molecule has 1 aromatic rings. The summed E-state index contributed by atoms with van der Waals surface area (Å²) in [4.78, 5) is 11.7. The molecule has 150 valence electrons. The van der Waals surface area contributed by atoms with Crippen molar-refractivity contribution < 1.29 is 33.2 Å². The third kappa shape index (κ3) is 8.87. The van der Waals surface area contributed by atoms with Crippen LogP contribution in [0, 0.1) is 0 Å². The Morgan fingerprint density at radius 3 is 2.07 bits per heavy atom. The minimum atomic E-state index is -0.696. The highest BCUT2D eigenvalue weighted by Crippen LogP contribution is 2.27. The first-order valence-electron chi connectivity index (χ1n) is 8.92. The Hall–Kier alpha value is -2.13. The Morgan fingerprint density at radius 2 is 1.44 bits per heavy atom. The van der Waals surface area contributed by atoms with Gasteiger partial charge in [-0.2, -0.15) is 0 Å². The van der Waals surface area contributed by atoms with Crippen LogP contribution in [-0.2, 0) is 23.7 Å². The predicted octanol–water partition coefficient (Wildman–Crippen LogP) is 1.15. The quantitative estimate of drug-likeness (QED) is 0.770. The minimum absolute atomic E-state index is 0.150. The van der Waals surface area contributed by atoms with E-state index in [0.717, 1.165) is 0 Å². The van der Waals surface area contributed by atoms with E-state index >= 15 is 0 Å². The lowest BCUT2D eigenvalue weighted by Gasteiger charge is -2.21. The molecule has 0 fully saturated rings. The summed E-state index contributed by atoms with van der Waals surface area (Å²) in [5.74, 6) is 0.696. The van der Waals surface area contributed by atoms with E-state index in [2.05, 4.69) is 11.9 Å². The number of carbonyl (C=O) groups excluding carboxylic acids is 1. The highest BCUT2D eigenvalue weighted by atomic mass is 16.6. The molecule has 8 nitrogen and oxygen atoms in total. The number of para-hydroxylation sites is 2. The van der Waals surface area contributed by atoms with Crippen LogP contribution in [0.4, 0.5) is 0 Å². The summed E-state index contributed by atoms with van der Waals surface area (Å²) in [5.41, 5.74) is 0. The number of benzene rings is 1. The molecule has 0 bridgehead atoms. The standard InChI is InChI=1S/C19H27NO7/c1-2-18(21)20-19-15-25-12-11-23-8-7-22-9-10-24-13-14-26-16-5-3-4-6-17(16)27-19/h2-6,19H,1,7-15H2,(H,20,21). The number of nitrogens with one attached hydrogen (secondary N) is 1. The average molecular weight is 381 g/mol. The van der Waals surface area contributed by atoms with Crippen molar-refractivity contribution in [2.45, 2.75) is 6.23 Å². The molecule has 27 heavy (non-hydrogen) atoms. The molecule has 1 unspecified atom stereocenters. The second-order valence-electron chi connectivity index (χ2n) is 5.53. The number of hydrogen-bond acceptors (Lipinski definition) is 7. The van der Waals surface area contributed by atoms with Crippen molar-refractivity contribution in [1.29, 1.82) is 0 Å². The zero-order valence-corrected chi connectivity index (χ0v) is 15.4. The molecule has 0 aromatic heterocycles. The summed E-state index contributed by atoms with van der Waals surface area (Å²) in [6, 6.07) is 7.22. The van der Waals surface area contributed by atoms with E-state index in [1.165, 1.54) is 6.08 Å². The van der Waals surface area contributed by atoms with Gasteiger partial charge in [-0.1, -0.05) is 18.7 Å². The maximum Gasteiger partial charge on any atom is 0.246 e. The van der Waals surface area contributed by atoms with Crippen LogP contribution in [0.1, 0.15) is 0 Å². The molecule has 0 spiro atoms. The molecule has 0 saturated heterocycles. The van der Waals surface area contributed by atoms with Crippen LogP contribution in [0.25, 0.3) is 0 Å². The van der Waals surface area contributed by atoms with Gasteiger partial charge in [-0.3, -0.25) is 4.79 Å². The lowest BCUT2D eigenvalue weighted by molar-refractivity contribution is -0.120. The van der Waals surface area contributed by atoms with Crippen molar-refractivity contribution in [3.63, 3.8) is 0 Å². The number of rotatable bonds is 2. The van der Waals surface area contributed by atoms with Crippen molar-refractivity contribution in [3.05, 3.63) is 36.9 Å². The fraction of sp³-hybridized carbons (Fsp3) is 0.526. The van der Waals surface area contributed by atoms with E-state index < -0.39 is 6.23 Å². The molecule has 0 radical (unpaired) electrons. The smallest absolute Gasteiger partial charge is 0.246 e. The normalized spacial score (nSPS) is 20.7. The summed E-state index contributed by atoms with van der Waals surface area (Å²) < 4.78 is 33.4. The van der Waals surface area contributed by atoms with Crippen LogP contribution in [0.2, 0.25) is 0 Å². The lowest BCUT2D eigenvalue weighted by atomic mass is 10.3. The topological polar surface area (TPSA) is 84.5 Å². The molecule has 1 N–H and O–H groups in total. The summed E-state index contributed by atoms with van der Waals surface area (Å²) in [6.07, 6.45) is 0.483. The average Bonchev–Trinajstić information content (AvgIpc) is 2.68. The van der Waals surface area contributed by atoms with Gasteiger partial charge in [0.05, 0.1) is 46.2 Å². The monoisotopic (exact) mass is 381 g/mol. The summed E-state index contributed by atoms with van der Waals surface area (Å²) in [7, 11) is 0. The van der Waals surface area contributed by atoms with E-state index in [1.54, 1.807) is 12.1 Å². The highest BCUT2D eigenvalue weighted by Gasteiger charge is 2.15. The summed E-state index contributed by atoms with van der Waals surface area (Å²) in [5, 5.41) is 2.68. The Morgan fingerprint density at radius 1 is 0.889 bits per heavy atom. The van der Waals surface area contributed by atoms with Crippen molar-refractivity contribution in [1.82, 2.24) is 5.32 Å². The molecule has 1 amide bonds. The van der Waals surface area contributed by atoms with Gasteiger partial charge in [0.1, 0.15) is 13.2 Å². The van der Waals surface area contributed by atoms with Crippen LogP contribution in [0.15, 0.2) is 36.9 Å². The van der Waals surface area contributed by atoms with Gasteiger partial charge >= 0.3 is 0 Å². The van der Waals surface area contributed by atoms with Crippen molar-refractivity contribution >= 4 is 5.91 Å². The van der Waals surface area contributed by atoms with Crippen molar-refractivity contribution in [2.75, 3.05) is 59.5 Å². The van der Waals surface area contributed by atoms with Gasteiger partial charge in [0.15, 0.2) is 17.7 Å². The maximum absolute atomic E-state index is 11.7. The first-order chi connectivity index (χ1) is 13.3. The van der Waals surface area contributed by atoms with Crippen LogP contribution >= 0.6 is 0 Å². The van der Waals surface area contributed by atoms with Gasteiger partial charge in [0.2, 0.25) is 5.91 Å². The molecule has 1 atom stereocenters. The third-order valence-corrected chi connectivity index (χ3v) is 3.48. The van der Waals surface area contributed by atoms with E-state index in [1.807, 2.05) is 12.1 Å². The molecule has 1 aliphatic rings. The zero-order valence-electron chi connectivity index (χ0n) is 15.4. The molecular formula is C19H27NO7. The van der Waals surface area contributed by atoms with Crippen molar-refractivity contribution in [3.8, 4) is 11.5 Å². The Balaban J connectivity index is 2.00. The number of amides is 1. The molecule has 0 aliphatic carbocycles. The SMILES string of the molecule is C=CC(=O)NC1COCCOCCOCCOCCOc2ccccc2O1. The number of ether oxygens (including phenoxy) is 6. The first-order valence-corrected chi connectivity index (χ1v) is 8.92. The van der Waals surface area contributed by atoms with E-state index in [4.69, 9.17) is 28.4 Å². The highest BCUT2D eigenvalue weighted by molar-refractivity contribution is 5.87. The Bertz CT molecular complexity index is 567. The molecule has 1 aromatic carbocycles. The van der Waals surface area contributed by atoms with Gasteiger partial charge < -0.3 is 33.7 Å². The molecule has 1 aliphatic heterocycles. The van der Waals surface area contributed by atoms with E-state index in [-0.39, 0.29) is 12.5 Å². The molecule has 1 heterocycles. The second-order valence-corrected chi connectivity index (χ2v) is 5.53. The van der Waals surface area contributed by atoms with E-state index in [9.17, 15) is 4.79 Å². The molecule has 8 heteroatoms. The molecule has 0 saturated carbocycles. The van der Waals surface area contributed by atoms with Gasteiger partial charge in [0, 0.05) is 0 Å². The maximum atomic E-state index is 11.7. The fourth-order valence-corrected chi connectivity index (χ4v) is 2.20. The molecule has 2 rings (SSSR count). The van der Waals surface area contributed by atoms with Gasteiger partial charge in [0.25, 0.3) is 0 Å². The van der Waals surface area contributed by atoms with Crippen LogP contribution in [-0.4, -0.2) is 71.6 Å². The van der Waals surface area contributed by atoms with Gasteiger partial charge in [-0.25, -0.2) is 0 Å². The predicted molar refractivity (Wildman–Crippen MR) is 98.0 cm³/mol. The fourth-order valence-electron chi connectivity index (χ4n) is 2.20. The first kappa shape index (κ1) is 21.2. The summed E-state index contributed by atoms with van der Waals surface area (Å²) >= 11 is 0. The van der Waals surface area contributed by atoms with Crippen molar-refractivity contribution in [2.24, 2.45) is 0 Å². The minimum Gasteiger partial charge on any atom is -0.487 e. The van der Waals surface area contributed by atoms with Gasteiger partial charge in [-0.05, 0) is 18.2 Å². The third-order valence-electron chi connectivity index (χ3n) is 3.48. The van der Waals surface area contributed by atoms with Crippen LogP contribution < -0.4 is 14.8 Å². The number of hydrogen-bond donors (Lipinski definition) is 1. The second kappa shape index (κ2) is 13.1. The van der Waals surface area contributed by atoms with Gasteiger partial charge in [-0.15, -0.1) is 0 Å².